The Kier molecular flexibility index (Phi) is 2.63. The lowest BCUT2D eigenvalue weighted by atomic mass is 10.3. The van der Waals surface area contributed by atoms with Gasteiger partial charge in [-0.05, 0) is 13.5 Å². The van der Waals surface area contributed by atoms with Gasteiger partial charge in [0.05, 0.1) is 12.4 Å². The third-order valence-corrected chi connectivity index (χ3v) is 2.33. The number of pyridine rings is 1. The predicted octanol–water partition coefficient (Wildman–Crippen LogP) is 1.30. The number of nitrogens with zero attached hydrogens (tertiary/aromatic N) is 2. The number of aromatic nitrogens is 1. The molecule has 0 aliphatic carbocycles. The summed E-state index contributed by atoms with van der Waals surface area (Å²) in [7, 11) is 2.05. The Hall–Kier alpha value is -1.16. The molecule has 14 heavy (non-hydrogen) atoms. The summed E-state index contributed by atoms with van der Waals surface area (Å²) in [6.45, 7) is 1.93. The minimum atomic E-state index is -0.353. The van der Waals surface area contributed by atoms with Crippen LogP contribution in [0.3, 0.4) is 0 Å². The summed E-state index contributed by atoms with van der Waals surface area (Å²) in [5.41, 5.74) is 0. The fourth-order valence-corrected chi connectivity index (χ4v) is 1.64. The van der Waals surface area contributed by atoms with Crippen molar-refractivity contribution in [1.82, 2.24) is 9.88 Å². The van der Waals surface area contributed by atoms with Crippen LogP contribution in [0.1, 0.15) is 6.42 Å². The molecule has 76 valence electrons. The molecule has 4 heteroatoms. The van der Waals surface area contributed by atoms with Gasteiger partial charge in [-0.3, -0.25) is 4.98 Å². The molecule has 2 heterocycles. The quantitative estimate of drug-likeness (QED) is 0.713. The molecule has 3 nitrogen and oxygen atoms in total. The largest absolute Gasteiger partial charge is 0.487 e. The summed E-state index contributed by atoms with van der Waals surface area (Å²) in [5.74, 6) is 0.166. The van der Waals surface area contributed by atoms with E-state index in [0.29, 0.717) is 5.75 Å². The van der Waals surface area contributed by atoms with Gasteiger partial charge in [-0.15, -0.1) is 0 Å². The van der Waals surface area contributed by atoms with Crippen LogP contribution < -0.4 is 4.74 Å². The summed E-state index contributed by atoms with van der Waals surface area (Å²) in [6.07, 6.45) is 3.88. The van der Waals surface area contributed by atoms with Crippen molar-refractivity contribution in [3.63, 3.8) is 0 Å². The third kappa shape index (κ3) is 2.20. The molecule has 1 fully saturated rings. The van der Waals surface area contributed by atoms with E-state index >= 15 is 0 Å². The fraction of sp³-hybridized carbons (Fsp3) is 0.500. The lowest BCUT2D eigenvalue weighted by molar-refractivity contribution is 0.206. The third-order valence-electron chi connectivity index (χ3n) is 2.33. The van der Waals surface area contributed by atoms with E-state index in [9.17, 15) is 4.39 Å². The van der Waals surface area contributed by atoms with Gasteiger partial charge in [0.15, 0.2) is 0 Å². The molecule has 0 bridgehead atoms. The predicted molar refractivity (Wildman–Crippen MR) is 50.7 cm³/mol. The standard InChI is InChI=1S/C10H13FN2O/c1-13-3-2-9(7-13)14-10-4-8(11)5-12-6-10/h4-6,9H,2-3,7H2,1H3. The van der Waals surface area contributed by atoms with Crippen LogP contribution >= 0.6 is 0 Å². The summed E-state index contributed by atoms with van der Waals surface area (Å²) in [5, 5.41) is 0. The van der Waals surface area contributed by atoms with Gasteiger partial charge >= 0.3 is 0 Å². The fourth-order valence-electron chi connectivity index (χ4n) is 1.64. The van der Waals surface area contributed by atoms with Crippen LogP contribution in [0, 0.1) is 5.82 Å². The van der Waals surface area contributed by atoms with Crippen molar-refractivity contribution in [3.05, 3.63) is 24.3 Å². The lowest BCUT2D eigenvalue weighted by Crippen LogP contribution is -2.21. The van der Waals surface area contributed by atoms with E-state index < -0.39 is 0 Å². The smallest absolute Gasteiger partial charge is 0.145 e. The van der Waals surface area contributed by atoms with Crippen molar-refractivity contribution < 1.29 is 9.13 Å². The maximum absolute atomic E-state index is 12.8. The Morgan fingerprint density at radius 3 is 3.07 bits per heavy atom. The molecule has 0 aromatic carbocycles. The first-order chi connectivity index (χ1) is 6.74. The first-order valence-electron chi connectivity index (χ1n) is 4.70. The molecular weight excluding hydrogens is 183 g/mol. The molecule has 1 aliphatic heterocycles. The van der Waals surface area contributed by atoms with E-state index in [0.717, 1.165) is 19.5 Å². The second kappa shape index (κ2) is 3.92. The summed E-state index contributed by atoms with van der Waals surface area (Å²) >= 11 is 0. The highest BCUT2D eigenvalue weighted by molar-refractivity contribution is 5.17. The van der Waals surface area contributed by atoms with Crippen LogP contribution in [-0.2, 0) is 0 Å². The minimum absolute atomic E-state index is 0.170. The second-order valence-corrected chi connectivity index (χ2v) is 3.63. The van der Waals surface area contributed by atoms with Crippen LogP contribution in [0.2, 0.25) is 0 Å². The van der Waals surface area contributed by atoms with Gasteiger partial charge in [0.1, 0.15) is 17.7 Å². The van der Waals surface area contributed by atoms with Crippen molar-refractivity contribution in [3.8, 4) is 5.75 Å². The van der Waals surface area contributed by atoms with Gasteiger partial charge in [0.2, 0.25) is 0 Å². The van der Waals surface area contributed by atoms with E-state index in [1.807, 2.05) is 7.05 Å². The molecule has 0 radical (unpaired) electrons. The number of hydrogen-bond donors (Lipinski definition) is 0. The molecule has 0 N–H and O–H groups in total. The molecule has 0 saturated carbocycles. The van der Waals surface area contributed by atoms with Crippen LogP contribution in [0.15, 0.2) is 18.5 Å². The van der Waals surface area contributed by atoms with Crippen LogP contribution in [0.5, 0.6) is 5.75 Å². The number of rotatable bonds is 2. The van der Waals surface area contributed by atoms with Crippen LogP contribution in [0.4, 0.5) is 4.39 Å². The average Bonchev–Trinajstić information content (AvgIpc) is 2.51. The summed E-state index contributed by atoms with van der Waals surface area (Å²) < 4.78 is 18.3. The molecule has 1 unspecified atom stereocenters. The Bertz CT molecular complexity index is 319. The zero-order valence-corrected chi connectivity index (χ0v) is 8.11. The molecule has 1 aromatic heterocycles. The van der Waals surface area contributed by atoms with Crippen LogP contribution in [-0.4, -0.2) is 36.1 Å². The van der Waals surface area contributed by atoms with E-state index in [1.165, 1.54) is 12.3 Å². The average molecular weight is 196 g/mol. The number of halogens is 1. The Morgan fingerprint density at radius 2 is 2.43 bits per heavy atom. The van der Waals surface area contributed by atoms with Crippen molar-refractivity contribution in [2.75, 3.05) is 20.1 Å². The van der Waals surface area contributed by atoms with Gasteiger partial charge in [-0.2, -0.15) is 0 Å². The highest BCUT2D eigenvalue weighted by Crippen LogP contribution is 2.17. The molecule has 2 rings (SSSR count). The molecular formula is C10H13FN2O. The van der Waals surface area contributed by atoms with Gasteiger partial charge in [0.25, 0.3) is 0 Å². The molecule has 1 aromatic rings. The second-order valence-electron chi connectivity index (χ2n) is 3.63. The zero-order chi connectivity index (χ0) is 9.97. The number of ether oxygens (including phenoxy) is 1. The van der Waals surface area contributed by atoms with E-state index in [1.54, 1.807) is 6.20 Å². The van der Waals surface area contributed by atoms with Gasteiger partial charge in [-0.25, -0.2) is 4.39 Å². The maximum Gasteiger partial charge on any atom is 0.145 e. The van der Waals surface area contributed by atoms with Crippen molar-refractivity contribution in [1.29, 1.82) is 0 Å². The zero-order valence-electron chi connectivity index (χ0n) is 8.11. The Labute approximate surface area is 82.5 Å². The number of likely N-dealkylation sites (tertiary alicyclic amines) is 1. The molecule has 1 saturated heterocycles. The van der Waals surface area contributed by atoms with Crippen molar-refractivity contribution in [2.24, 2.45) is 0 Å². The topological polar surface area (TPSA) is 25.4 Å². The van der Waals surface area contributed by atoms with Crippen LogP contribution in [0.25, 0.3) is 0 Å². The summed E-state index contributed by atoms with van der Waals surface area (Å²) in [6, 6.07) is 1.37. The highest BCUT2D eigenvalue weighted by atomic mass is 19.1. The molecule has 1 aliphatic rings. The van der Waals surface area contributed by atoms with Gasteiger partial charge in [-0.1, -0.05) is 0 Å². The van der Waals surface area contributed by atoms with Gasteiger partial charge in [0, 0.05) is 19.2 Å². The molecule has 0 spiro atoms. The van der Waals surface area contributed by atoms with E-state index in [-0.39, 0.29) is 11.9 Å². The SMILES string of the molecule is CN1CCC(Oc2cncc(F)c2)C1. The van der Waals surface area contributed by atoms with Crippen molar-refractivity contribution in [2.45, 2.75) is 12.5 Å². The minimum Gasteiger partial charge on any atom is -0.487 e. The first-order valence-corrected chi connectivity index (χ1v) is 4.70. The first kappa shape index (κ1) is 9.40. The van der Waals surface area contributed by atoms with E-state index in [4.69, 9.17) is 4.74 Å². The number of hydrogen-bond acceptors (Lipinski definition) is 3. The summed E-state index contributed by atoms with van der Waals surface area (Å²) in [4.78, 5) is 5.92. The Balaban J connectivity index is 1.97. The highest BCUT2D eigenvalue weighted by Gasteiger charge is 2.20. The Morgan fingerprint density at radius 1 is 1.57 bits per heavy atom. The van der Waals surface area contributed by atoms with Gasteiger partial charge < -0.3 is 9.64 Å². The van der Waals surface area contributed by atoms with Crippen molar-refractivity contribution >= 4 is 0 Å². The lowest BCUT2D eigenvalue weighted by Gasteiger charge is -2.12. The van der Waals surface area contributed by atoms with E-state index in [2.05, 4.69) is 9.88 Å². The monoisotopic (exact) mass is 196 g/mol. The normalized spacial score (nSPS) is 22.6. The maximum atomic E-state index is 12.8. The number of likely N-dealkylation sites (N-methyl/N-ethyl adjacent to an activating group) is 1. The molecule has 0 amide bonds. The molecule has 1 atom stereocenters.